The van der Waals surface area contributed by atoms with Gasteiger partial charge in [0.25, 0.3) is 0 Å². The van der Waals surface area contributed by atoms with E-state index in [2.05, 4.69) is 0 Å². The van der Waals surface area contributed by atoms with Crippen LogP contribution in [0.2, 0.25) is 0 Å². The fourth-order valence-corrected chi connectivity index (χ4v) is 1.68. The van der Waals surface area contributed by atoms with Gasteiger partial charge in [0.05, 0.1) is 0 Å². The third-order valence-corrected chi connectivity index (χ3v) is 2.48. The smallest absolute Gasteiger partial charge is 0.324 e. The Labute approximate surface area is 89.9 Å². The monoisotopic (exact) mass is 207 g/mol. The molecule has 82 valence electrons. The first-order valence-electron chi connectivity index (χ1n) is 5.14. The molecule has 0 bridgehead atoms. The van der Waals surface area contributed by atoms with E-state index in [1.54, 1.807) is 0 Å². The number of rotatable bonds is 5. The van der Waals surface area contributed by atoms with E-state index in [9.17, 15) is 4.79 Å². The molecular formula is C12H17NO2. The molecule has 0 heterocycles. The van der Waals surface area contributed by atoms with Crippen LogP contribution < -0.4 is 5.73 Å². The highest BCUT2D eigenvalue weighted by atomic mass is 16.4. The van der Waals surface area contributed by atoms with Crippen LogP contribution in [0.3, 0.4) is 0 Å². The van der Waals surface area contributed by atoms with Gasteiger partial charge in [-0.15, -0.1) is 0 Å². The van der Waals surface area contributed by atoms with Crippen molar-refractivity contribution in [1.82, 2.24) is 0 Å². The molecule has 0 fully saturated rings. The normalized spacial score (nSPS) is 14.5. The molecule has 0 amide bonds. The molecule has 15 heavy (non-hydrogen) atoms. The number of hydrogen-bond acceptors (Lipinski definition) is 2. The molecule has 0 saturated carbocycles. The molecule has 0 spiro atoms. The molecular weight excluding hydrogens is 190 g/mol. The van der Waals surface area contributed by atoms with Crippen LogP contribution in [0.5, 0.6) is 0 Å². The van der Waals surface area contributed by atoms with Gasteiger partial charge in [0, 0.05) is 6.42 Å². The van der Waals surface area contributed by atoms with E-state index >= 15 is 0 Å². The molecule has 3 N–H and O–H groups in total. The molecule has 3 heteroatoms. The van der Waals surface area contributed by atoms with Gasteiger partial charge >= 0.3 is 5.97 Å². The summed E-state index contributed by atoms with van der Waals surface area (Å²) in [5.74, 6) is -0.923. The first-order valence-corrected chi connectivity index (χ1v) is 5.14. The molecule has 1 rings (SSSR count). The highest BCUT2D eigenvalue weighted by Crippen LogP contribution is 2.16. The molecule has 0 saturated heterocycles. The van der Waals surface area contributed by atoms with Crippen molar-refractivity contribution in [2.45, 2.75) is 31.7 Å². The molecule has 3 nitrogen and oxygen atoms in total. The van der Waals surface area contributed by atoms with E-state index < -0.39 is 11.5 Å². The van der Waals surface area contributed by atoms with Gasteiger partial charge in [-0.05, 0) is 12.0 Å². The van der Waals surface area contributed by atoms with Gasteiger partial charge in [0.2, 0.25) is 0 Å². The molecule has 1 aromatic carbocycles. The van der Waals surface area contributed by atoms with Crippen LogP contribution in [0, 0.1) is 0 Å². The molecule has 1 aromatic rings. The molecule has 0 aliphatic carbocycles. The van der Waals surface area contributed by atoms with Gasteiger partial charge in [-0.3, -0.25) is 4.79 Å². The summed E-state index contributed by atoms with van der Waals surface area (Å²) in [4.78, 5) is 11.1. The Balaban J connectivity index is 2.80. The van der Waals surface area contributed by atoms with Crippen LogP contribution in [0.15, 0.2) is 30.3 Å². The summed E-state index contributed by atoms with van der Waals surface area (Å²) in [7, 11) is 0. The Bertz CT molecular complexity index is 324. The van der Waals surface area contributed by atoms with Crippen molar-refractivity contribution in [1.29, 1.82) is 0 Å². The highest BCUT2D eigenvalue weighted by molar-refractivity contribution is 5.78. The van der Waals surface area contributed by atoms with Crippen molar-refractivity contribution in [2.75, 3.05) is 0 Å². The van der Waals surface area contributed by atoms with Crippen molar-refractivity contribution in [3.63, 3.8) is 0 Å². The zero-order valence-electron chi connectivity index (χ0n) is 8.94. The second-order valence-electron chi connectivity index (χ2n) is 3.87. The summed E-state index contributed by atoms with van der Waals surface area (Å²) >= 11 is 0. The minimum atomic E-state index is -1.13. The van der Waals surface area contributed by atoms with Crippen LogP contribution in [-0.2, 0) is 11.2 Å². The van der Waals surface area contributed by atoms with Crippen LogP contribution in [0.4, 0.5) is 0 Å². The van der Waals surface area contributed by atoms with Gasteiger partial charge in [-0.2, -0.15) is 0 Å². The number of carboxylic acids is 1. The molecule has 1 unspecified atom stereocenters. The van der Waals surface area contributed by atoms with E-state index in [0.29, 0.717) is 12.8 Å². The SMILES string of the molecule is CCCC(N)(Cc1ccccc1)C(=O)O. The van der Waals surface area contributed by atoms with Crippen molar-refractivity contribution >= 4 is 5.97 Å². The molecule has 0 radical (unpaired) electrons. The van der Waals surface area contributed by atoms with Crippen LogP contribution >= 0.6 is 0 Å². The van der Waals surface area contributed by atoms with Crippen molar-refractivity contribution in [3.05, 3.63) is 35.9 Å². The van der Waals surface area contributed by atoms with Gasteiger partial charge in [0.15, 0.2) is 0 Å². The highest BCUT2D eigenvalue weighted by Gasteiger charge is 2.32. The standard InChI is InChI=1S/C12H17NO2/c1-2-8-12(13,11(14)15)9-10-6-4-3-5-7-10/h3-7H,2,8-9,13H2,1H3,(H,14,15). The fraction of sp³-hybridized carbons (Fsp3) is 0.417. The first kappa shape index (κ1) is 11.7. The molecule has 0 aliphatic heterocycles. The Morgan fingerprint density at radius 2 is 2.00 bits per heavy atom. The first-order chi connectivity index (χ1) is 7.08. The summed E-state index contributed by atoms with van der Waals surface area (Å²) < 4.78 is 0. The lowest BCUT2D eigenvalue weighted by Gasteiger charge is -2.24. The van der Waals surface area contributed by atoms with Crippen LogP contribution in [0.1, 0.15) is 25.3 Å². The maximum absolute atomic E-state index is 11.1. The maximum atomic E-state index is 11.1. The largest absolute Gasteiger partial charge is 0.480 e. The average molecular weight is 207 g/mol. The summed E-state index contributed by atoms with van der Waals surface area (Å²) in [6.07, 6.45) is 1.66. The lowest BCUT2D eigenvalue weighted by molar-refractivity contribution is -0.143. The number of benzene rings is 1. The topological polar surface area (TPSA) is 63.3 Å². The van der Waals surface area contributed by atoms with Crippen molar-refractivity contribution in [3.8, 4) is 0 Å². The quantitative estimate of drug-likeness (QED) is 0.774. The van der Waals surface area contributed by atoms with Crippen LogP contribution in [-0.4, -0.2) is 16.6 Å². The maximum Gasteiger partial charge on any atom is 0.324 e. The average Bonchev–Trinajstić information content (AvgIpc) is 2.19. The number of carboxylic acid groups (broad SMARTS) is 1. The minimum absolute atomic E-state index is 0.386. The lowest BCUT2D eigenvalue weighted by Crippen LogP contribution is -2.49. The summed E-state index contributed by atoms with van der Waals surface area (Å²) in [6, 6.07) is 9.50. The summed E-state index contributed by atoms with van der Waals surface area (Å²) in [5.41, 5.74) is 5.72. The lowest BCUT2D eigenvalue weighted by atomic mass is 9.88. The number of nitrogens with two attached hydrogens (primary N) is 1. The van der Waals surface area contributed by atoms with E-state index in [4.69, 9.17) is 10.8 Å². The van der Waals surface area contributed by atoms with Crippen molar-refractivity contribution in [2.24, 2.45) is 5.73 Å². The number of carbonyl (C=O) groups is 1. The summed E-state index contributed by atoms with van der Waals surface area (Å²) in [5, 5.41) is 9.10. The Hall–Kier alpha value is -1.35. The molecule has 1 atom stereocenters. The van der Waals surface area contributed by atoms with E-state index in [0.717, 1.165) is 12.0 Å². The van der Waals surface area contributed by atoms with Gasteiger partial charge < -0.3 is 10.8 Å². The molecule has 0 aromatic heterocycles. The van der Waals surface area contributed by atoms with E-state index in [-0.39, 0.29) is 0 Å². The summed E-state index contributed by atoms with van der Waals surface area (Å²) in [6.45, 7) is 1.94. The molecule has 0 aliphatic rings. The number of aliphatic carboxylic acids is 1. The second kappa shape index (κ2) is 4.94. The Kier molecular flexibility index (Phi) is 3.86. The predicted octanol–water partition coefficient (Wildman–Crippen LogP) is 1.81. The van der Waals surface area contributed by atoms with E-state index in [1.165, 1.54) is 0 Å². The fourth-order valence-electron chi connectivity index (χ4n) is 1.68. The minimum Gasteiger partial charge on any atom is -0.480 e. The zero-order valence-corrected chi connectivity index (χ0v) is 8.94. The zero-order chi connectivity index (χ0) is 11.3. The number of hydrogen-bond donors (Lipinski definition) is 2. The van der Waals surface area contributed by atoms with Gasteiger partial charge in [-0.1, -0.05) is 43.7 Å². The van der Waals surface area contributed by atoms with E-state index in [1.807, 2.05) is 37.3 Å². The third-order valence-electron chi connectivity index (χ3n) is 2.48. The Morgan fingerprint density at radius 3 is 2.47 bits per heavy atom. The second-order valence-corrected chi connectivity index (χ2v) is 3.87. The van der Waals surface area contributed by atoms with Gasteiger partial charge in [-0.25, -0.2) is 0 Å². The predicted molar refractivity (Wildman–Crippen MR) is 59.6 cm³/mol. The third kappa shape index (κ3) is 3.06. The Morgan fingerprint density at radius 1 is 1.40 bits per heavy atom. The van der Waals surface area contributed by atoms with Crippen molar-refractivity contribution < 1.29 is 9.90 Å². The van der Waals surface area contributed by atoms with Crippen LogP contribution in [0.25, 0.3) is 0 Å². The van der Waals surface area contributed by atoms with Gasteiger partial charge in [0.1, 0.15) is 5.54 Å².